The highest BCUT2D eigenvalue weighted by atomic mass is 35.5. The quantitative estimate of drug-likeness (QED) is 0.697. The van der Waals surface area contributed by atoms with E-state index < -0.39 is 17.5 Å². The third-order valence-corrected chi connectivity index (χ3v) is 3.47. The van der Waals surface area contributed by atoms with Crippen LogP contribution in [-0.4, -0.2) is 0 Å². The van der Waals surface area contributed by atoms with Crippen molar-refractivity contribution in [1.82, 2.24) is 0 Å². The standard InChI is InChI=1S/C16H15ClF3N/c1-2-3-13(10-4-6-11(17)7-5-10)21-14-9-8-12(18)15(19)16(14)20/h4-9,13,21H,2-3H2,1H3. The number of benzene rings is 2. The minimum absolute atomic E-state index is 0.0534. The molecule has 1 N–H and O–H groups in total. The second-order valence-electron chi connectivity index (χ2n) is 4.76. The van der Waals surface area contributed by atoms with Crippen molar-refractivity contribution < 1.29 is 13.2 Å². The molecule has 2 aromatic carbocycles. The maximum Gasteiger partial charge on any atom is 0.196 e. The van der Waals surface area contributed by atoms with E-state index in [4.69, 9.17) is 11.6 Å². The highest BCUT2D eigenvalue weighted by molar-refractivity contribution is 6.30. The molecule has 0 radical (unpaired) electrons. The molecule has 0 aliphatic rings. The summed E-state index contributed by atoms with van der Waals surface area (Å²) in [5, 5.41) is 3.53. The monoisotopic (exact) mass is 313 g/mol. The van der Waals surface area contributed by atoms with Crippen LogP contribution in [0, 0.1) is 17.5 Å². The van der Waals surface area contributed by atoms with Gasteiger partial charge in [-0.3, -0.25) is 0 Å². The molecule has 1 atom stereocenters. The van der Waals surface area contributed by atoms with E-state index in [2.05, 4.69) is 5.32 Å². The molecule has 0 aliphatic heterocycles. The number of rotatable bonds is 5. The first-order chi connectivity index (χ1) is 10.0. The second kappa shape index (κ2) is 6.85. The Kier molecular flexibility index (Phi) is 5.12. The molecule has 0 aliphatic carbocycles. The van der Waals surface area contributed by atoms with Crippen LogP contribution in [0.1, 0.15) is 31.4 Å². The summed E-state index contributed by atoms with van der Waals surface area (Å²) >= 11 is 5.85. The maximum absolute atomic E-state index is 13.7. The molecule has 1 unspecified atom stereocenters. The normalized spacial score (nSPS) is 12.2. The van der Waals surface area contributed by atoms with Crippen molar-refractivity contribution in [2.24, 2.45) is 0 Å². The fourth-order valence-corrected chi connectivity index (χ4v) is 2.26. The smallest absolute Gasteiger partial charge is 0.196 e. The Bertz CT molecular complexity index is 614. The van der Waals surface area contributed by atoms with Gasteiger partial charge in [0.15, 0.2) is 17.5 Å². The van der Waals surface area contributed by atoms with Gasteiger partial charge in [-0.1, -0.05) is 37.1 Å². The Labute approximate surface area is 126 Å². The van der Waals surface area contributed by atoms with Crippen LogP contribution in [0.4, 0.5) is 18.9 Å². The van der Waals surface area contributed by atoms with E-state index in [1.165, 1.54) is 6.07 Å². The molecule has 0 heterocycles. The van der Waals surface area contributed by atoms with Gasteiger partial charge in [-0.15, -0.1) is 0 Å². The van der Waals surface area contributed by atoms with Crippen molar-refractivity contribution in [2.45, 2.75) is 25.8 Å². The zero-order valence-corrected chi connectivity index (χ0v) is 12.2. The van der Waals surface area contributed by atoms with E-state index in [-0.39, 0.29) is 11.7 Å². The summed E-state index contributed by atoms with van der Waals surface area (Å²) in [4.78, 5) is 0. The Morgan fingerprint density at radius 1 is 1.00 bits per heavy atom. The lowest BCUT2D eigenvalue weighted by molar-refractivity contribution is 0.448. The van der Waals surface area contributed by atoms with Gasteiger partial charge in [0.2, 0.25) is 0 Å². The third-order valence-electron chi connectivity index (χ3n) is 3.21. The Morgan fingerprint density at radius 2 is 1.67 bits per heavy atom. The Hall–Kier alpha value is -1.68. The van der Waals surface area contributed by atoms with Gasteiger partial charge in [-0.25, -0.2) is 13.2 Å². The van der Waals surface area contributed by atoms with Gasteiger partial charge >= 0.3 is 0 Å². The van der Waals surface area contributed by atoms with Crippen molar-refractivity contribution in [3.05, 3.63) is 64.4 Å². The van der Waals surface area contributed by atoms with Crippen molar-refractivity contribution >= 4 is 17.3 Å². The van der Waals surface area contributed by atoms with Crippen LogP contribution in [0.2, 0.25) is 5.02 Å². The van der Waals surface area contributed by atoms with Crippen LogP contribution in [-0.2, 0) is 0 Å². The molecular formula is C16H15ClF3N. The first-order valence-electron chi connectivity index (χ1n) is 6.68. The molecule has 2 aromatic rings. The third kappa shape index (κ3) is 3.70. The van der Waals surface area contributed by atoms with Crippen molar-refractivity contribution in [3.8, 4) is 0 Å². The van der Waals surface area contributed by atoms with Crippen LogP contribution < -0.4 is 5.32 Å². The lowest BCUT2D eigenvalue weighted by Gasteiger charge is -2.20. The minimum atomic E-state index is -1.47. The molecule has 0 saturated carbocycles. The number of hydrogen-bond acceptors (Lipinski definition) is 1. The summed E-state index contributed by atoms with van der Waals surface area (Å²) in [6.45, 7) is 1.99. The molecule has 0 aromatic heterocycles. The van der Waals surface area contributed by atoms with Crippen molar-refractivity contribution in [2.75, 3.05) is 5.32 Å². The Balaban J connectivity index is 2.28. The fraction of sp³-hybridized carbons (Fsp3) is 0.250. The molecule has 21 heavy (non-hydrogen) atoms. The lowest BCUT2D eigenvalue weighted by Crippen LogP contribution is -2.12. The van der Waals surface area contributed by atoms with Gasteiger partial charge in [0.25, 0.3) is 0 Å². The van der Waals surface area contributed by atoms with Crippen LogP contribution in [0.3, 0.4) is 0 Å². The molecular weight excluding hydrogens is 299 g/mol. The van der Waals surface area contributed by atoms with E-state index in [9.17, 15) is 13.2 Å². The summed E-state index contributed by atoms with van der Waals surface area (Å²) in [6.07, 6.45) is 1.58. The fourth-order valence-electron chi connectivity index (χ4n) is 2.13. The van der Waals surface area contributed by atoms with Crippen molar-refractivity contribution in [3.63, 3.8) is 0 Å². The number of halogens is 4. The largest absolute Gasteiger partial charge is 0.376 e. The van der Waals surface area contributed by atoms with E-state index in [0.29, 0.717) is 5.02 Å². The molecule has 0 amide bonds. The first-order valence-corrected chi connectivity index (χ1v) is 7.06. The van der Waals surface area contributed by atoms with E-state index >= 15 is 0 Å². The van der Waals surface area contributed by atoms with Crippen LogP contribution in [0.25, 0.3) is 0 Å². The van der Waals surface area contributed by atoms with Crippen molar-refractivity contribution in [1.29, 1.82) is 0 Å². The van der Waals surface area contributed by atoms with E-state index in [1.807, 2.05) is 19.1 Å². The molecule has 112 valence electrons. The lowest BCUT2D eigenvalue weighted by atomic mass is 10.0. The van der Waals surface area contributed by atoms with Crippen LogP contribution >= 0.6 is 11.6 Å². The summed E-state index contributed by atoms with van der Waals surface area (Å²) in [5.74, 6) is -3.87. The Morgan fingerprint density at radius 3 is 2.29 bits per heavy atom. The molecule has 0 spiro atoms. The topological polar surface area (TPSA) is 12.0 Å². The average molecular weight is 314 g/mol. The SMILES string of the molecule is CCCC(Nc1ccc(F)c(F)c1F)c1ccc(Cl)cc1. The summed E-state index contributed by atoms with van der Waals surface area (Å²) < 4.78 is 40.0. The predicted molar refractivity (Wildman–Crippen MR) is 79.0 cm³/mol. The van der Waals surface area contributed by atoms with Crippen LogP contribution in [0.15, 0.2) is 36.4 Å². The van der Waals surface area contributed by atoms with Gasteiger partial charge in [0.1, 0.15) is 0 Å². The average Bonchev–Trinajstić information content (AvgIpc) is 2.48. The zero-order chi connectivity index (χ0) is 15.4. The molecule has 1 nitrogen and oxygen atoms in total. The summed E-state index contributed by atoms with van der Waals surface area (Å²) in [7, 11) is 0. The van der Waals surface area contributed by atoms with Crippen LogP contribution in [0.5, 0.6) is 0 Å². The van der Waals surface area contributed by atoms with E-state index in [0.717, 1.165) is 24.5 Å². The van der Waals surface area contributed by atoms with Gasteiger partial charge in [-0.05, 0) is 36.2 Å². The number of nitrogens with one attached hydrogen (secondary N) is 1. The van der Waals surface area contributed by atoms with E-state index in [1.54, 1.807) is 12.1 Å². The first kappa shape index (κ1) is 15.7. The zero-order valence-electron chi connectivity index (χ0n) is 11.5. The number of anilines is 1. The highest BCUT2D eigenvalue weighted by Gasteiger charge is 2.17. The number of hydrogen-bond donors (Lipinski definition) is 1. The minimum Gasteiger partial charge on any atom is -0.376 e. The molecule has 2 rings (SSSR count). The predicted octanol–water partition coefficient (Wildman–Crippen LogP) is 5.71. The second-order valence-corrected chi connectivity index (χ2v) is 5.20. The molecule has 0 fully saturated rings. The van der Waals surface area contributed by atoms with Gasteiger partial charge < -0.3 is 5.32 Å². The van der Waals surface area contributed by atoms with Gasteiger partial charge in [0.05, 0.1) is 11.7 Å². The van der Waals surface area contributed by atoms with Gasteiger partial charge in [0, 0.05) is 5.02 Å². The molecule has 0 saturated heterocycles. The highest BCUT2D eigenvalue weighted by Crippen LogP contribution is 2.28. The summed E-state index contributed by atoms with van der Waals surface area (Å²) in [5.41, 5.74) is 0.854. The molecule has 0 bridgehead atoms. The van der Waals surface area contributed by atoms with Gasteiger partial charge in [-0.2, -0.15) is 0 Å². The summed E-state index contributed by atoms with van der Waals surface area (Å²) in [6, 6.07) is 9.04. The molecule has 5 heteroatoms. The maximum atomic E-state index is 13.7.